The van der Waals surface area contributed by atoms with Gasteiger partial charge in [-0.1, -0.05) is 91.0 Å². The molecule has 0 bridgehead atoms. The first kappa shape index (κ1) is 25.1. The van der Waals surface area contributed by atoms with Gasteiger partial charge in [0.15, 0.2) is 0 Å². The molecule has 0 saturated carbocycles. The van der Waals surface area contributed by atoms with Gasteiger partial charge in [-0.3, -0.25) is 4.90 Å². The van der Waals surface area contributed by atoms with Crippen molar-refractivity contribution in [1.82, 2.24) is 10.2 Å². The van der Waals surface area contributed by atoms with Crippen molar-refractivity contribution in [3.63, 3.8) is 0 Å². The molecule has 5 rings (SSSR count). The van der Waals surface area contributed by atoms with Gasteiger partial charge in [0.2, 0.25) is 0 Å². The summed E-state index contributed by atoms with van der Waals surface area (Å²) in [6.45, 7) is 4.49. The normalized spacial score (nSPS) is 15.4. The van der Waals surface area contributed by atoms with Gasteiger partial charge < -0.3 is 14.8 Å². The Balaban J connectivity index is 1.62. The Bertz CT molecular complexity index is 1480. The van der Waals surface area contributed by atoms with Crippen LogP contribution in [0.4, 0.5) is 4.79 Å². The number of carbonyl (C=O) groups is 2. The number of hydrogen-bond acceptors (Lipinski definition) is 4. The highest BCUT2D eigenvalue weighted by Gasteiger charge is 2.38. The molecule has 6 heteroatoms. The molecule has 2 amide bonds. The number of ether oxygens (including phenoxy) is 2. The summed E-state index contributed by atoms with van der Waals surface area (Å²) < 4.78 is 11.8. The minimum atomic E-state index is -0.745. The Labute approximate surface area is 222 Å². The first-order valence-electron chi connectivity index (χ1n) is 12.7. The monoisotopic (exact) mass is 506 g/mol. The summed E-state index contributed by atoms with van der Waals surface area (Å²) in [6, 6.07) is 30.4. The van der Waals surface area contributed by atoms with Crippen LogP contribution in [0.1, 0.15) is 36.6 Å². The zero-order valence-electron chi connectivity index (χ0n) is 21.5. The van der Waals surface area contributed by atoms with Crippen molar-refractivity contribution in [2.75, 3.05) is 6.61 Å². The molecule has 38 heavy (non-hydrogen) atoms. The number of benzene rings is 4. The molecule has 0 aromatic heterocycles. The van der Waals surface area contributed by atoms with Gasteiger partial charge in [0, 0.05) is 11.3 Å². The summed E-state index contributed by atoms with van der Waals surface area (Å²) in [5.74, 6) is 0.138. The third-order valence-electron chi connectivity index (χ3n) is 6.73. The molecule has 1 N–H and O–H groups in total. The maximum Gasteiger partial charge on any atom is 0.338 e. The second kappa shape index (κ2) is 11.2. The number of nitrogens with one attached hydrogen (secondary N) is 1. The van der Waals surface area contributed by atoms with Gasteiger partial charge in [-0.2, -0.15) is 0 Å². The fraction of sp³-hybridized carbons (Fsp3) is 0.188. The van der Waals surface area contributed by atoms with Gasteiger partial charge >= 0.3 is 12.0 Å². The highest BCUT2D eigenvalue weighted by Crippen LogP contribution is 2.40. The average Bonchev–Trinajstić information content (AvgIpc) is 2.94. The largest absolute Gasteiger partial charge is 0.489 e. The molecule has 0 saturated heterocycles. The molecule has 0 fully saturated rings. The summed E-state index contributed by atoms with van der Waals surface area (Å²) in [5.41, 5.74) is 3.66. The van der Waals surface area contributed by atoms with Crippen LogP contribution in [0.3, 0.4) is 0 Å². The molecule has 1 aliphatic rings. The van der Waals surface area contributed by atoms with Crippen LogP contribution in [0.5, 0.6) is 5.75 Å². The Morgan fingerprint density at radius 1 is 0.868 bits per heavy atom. The molecular formula is C32H30N2O4. The highest BCUT2D eigenvalue weighted by molar-refractivity contribution is 5.98. The molecule has 1 unspecified atom stereocenters. The SMILES string of the molecule is CCOC(=O)C1=C(C)N(Cc2ccccc2)C(=O)NC1c1c(OCc2ccccc2)ccc2ccccc12. The maximum atomic E-state index is 13.5. The fourth-order valence-electron chi connectivity index (χ4n) is 4.86. The molecule has 1 atom stereocenters. The Kier molecular flexibility index (Phi) is 7.40. The van der Waals surface area contributed by atoms with Crippen LogP contribution >= 0.6 is 0 Å². The van der Waals surface area contributed by atoms with E-state index in [0.717, 1.165) is 27.5 Å². The van der Waals surface area contributed by atoms with E-state index in [-0.39, 0.29) is 12.6 Å². The third kappa shape index (κ3) is 5.11. The van der Waals surface area contributed by atoms with Crippen LogP contribution in [-0.4, -0.2) is 23.5 Å². The first-order valence-corrected chi connectivity index (χ1v) is 12.7. The van der Waals surface area contributed by atoms with Crippen LogP contribution in [0.2, 0.25) is 0 Å². The lowest BCUT2D eigenvalue weighted by Crippen LogP contribution is -2.47. The van der Waals surface area contributed by atoms with E-state index in [1.165, 1.54) is 0 Å². The summed E-state index contributed by atoms with van der Waals surface area (Å²) >= 11 is 0. The van der Waals surface area contributed by atoms with Crippen LogP contribution in [0.15, 0.2) is 108 Å². The van der Waals surface area contributed by atoms with E-state index in [1.54, 1.807) is 18.7 Å². The van der Waals surface area contributed by atoms with Gasteiger partial charge in [0.1, 0.15) is 12.4 Å². The number of fused-ring (bicyclic) bond motifs is 1. The highest BCUT2D eigenvalue weighted by atomic mass is 16.5. The molecule has 1 aliphatic heterocycles. The Hall–Kier alpha value is -4.58. The molecule has 4 aromatic rings. The molecule has 192 valence electrons. The molecule has 0 aliphatic carbocycles. The number of nitrogens with zero attached hydrogens (tertiary/aromatic N) is 1. The van der Waals surface area contributed by atoms with Crippen molar-refractivity contribution in [2.24, 2.45) is 0 Å². The van der Waals surface area contributed by atoms with E-state index in [4.69, 9.17) is 9.47 Å². The van der Waals surface area contributed by atoms with Crippen LogP contribution in [-0.2, 0) is 22.7 Å². The number of hydrogen-bond donors (Lipinski definition) is 1. The smallest absolute Gasteiger partial charge is 0.338 e. The van der Waals surface area contributed by atoms with Crippen LogP contribution < -0.4 is 10.1 Å². The van der Waals surface area contributed by atoms with Gasteiger partial charge in [0.05, 0.1) is 24.8 Å². The summed E-state index contributed by atoms with van der Waals surface area (Å²) in [5, 5.41) is 4.98. The number of allylic oxidation sites excluding steroid dienone is 1. The zero-order valence-corrected chi connectivity index (χ0v) is 21.5. The van der Waals surface area contributed by atoms with E-state index < -0.39 is 12.0 Å². The second-order valence-electron chi connectivity index (χ2n) is 9.15. The topological polar surface area (TPSA) is 67.9 Å². The standard InChI is InChI=1S/C32H30N2O4/c1-3-37-31(35)28-22(2)34(20-23-12-6-4-7-13-23)32(36)33-30(28)29-26-17-11-10-16-25(26)18-19-27(29)38-21-24-14-8-5-9-15-24/h4-19,30H,3,20-21H2,1-2H3,(H,33,36). The second-order valence-corrected chi connectivity index (χ2v) is 9.15. The molecule has 6 nitrogen and oxygen atoms in total. The van der Waals surface area contributed by atoms with Crippen molar-refractivity contribution < 1.29 is 19.1 Å². The predicted octanol–water partition coefficient (Wildman–Crippen LogP) is 6.52. The van der Waals surface area contributed by atoms with Gasteiger partial charge in [-0.05, 0) is 41.8 Å². The van der Waals surface area contributed by atoms with E-state index in [1.807, 2.05) is 97.1 Å². The van der Waals surface area contributed by atoms with Crippen molar-refractivity contribution >= 4 is 22.8 Å². The number of urea groups is 1. The molecule has 0 radical (unpaired) electrons. The van der Waals surface area contributed by atoms with Gasteiger partial charge in [-0.25, -0.2) is 9.59 Å². The van der Waals surface area contributed by atoms with E-state index in [2.05, 4.69) is 5.32 Å². The van der Waals surface area contributed by atoms with Gasteiger partial charge in [-0.15, -0.1) is 0 Å². The Morgan fingerprint density at radius 2 is 1.53 bits per heavy atom. The first-order chi connectivity index (χ1) is 18.6. The number of esters is 1. The Morgan fingerprint density at radius 3 is 2.24 bits per heavy atom. The van der Waals surface area contributed by atoms with Crippen LogP contribution in [0, 0.1) is 0 Å². The number of rotatable bonds is 8. The van der Waals surface area contributed by atoms with E-state index in [0.29, 0.717) is 30.2 Å². The van der Waals surface area contributed by atoms with Crippen molar-refractivity contribution in [1.29, 1.82) is 0 Å². The number of carbonyl (C=O) groups excluding carboxylic acids is 2. The van der Waals surface area contributed by atoms with Crippen molar-refractivity contribution in [3.05, 3.63) is 125 Å². The minimum absolute atomic E-state index is 0.224. The third-order valence-corrected chi connectivity index (χ3v) is 6.73. The molecule has 1 heterocycles. The van der Waals surface area contributed by atoms with E-state index in [9.17, 15) is 9.59 Å². The number of amides is 2. The lowest BCUT2D eigenvalue weighted by Gasteiger charge is -2.36. The quantitative estimate of drug-likeness (QED) is 0.276. The van der Waals surface area contributed by atoms with Crippen LogP contribution in [0.25, 0.3) is 10.8 Å². The maximum absolute atomic E-state index is 13.5. The lowest BCUT2D eigenvalue weighted by molar-refractivity contribution is -0.139. The van der Waals surface area contributed by atoms with Crippen molar-refractivity contribution in [3.8, 4) is 5.75 Å². The van der Waals surface area contributed by atoms with Crippen molar-refractivity contribution in [2.45, 2.75) is 33.0 Å². The van der Waals surface area contributed by atoms with E-state index >= 15 is 0 Å². The predicted molar refractivity (Wildman–Crippen MR) is 147 cm³/mol. The summed E-state index contributed by atoms with van der Waals surface area (Å²) in [7, 11) is 0. The van der Waals surface area contributed by atoms with Gasteiger partial charge in [0.25, 0.3) is 0 Å². The molecule has 0 spiro atoms. The molecular weight excluding hydrogens is 476 g/mol. The minimum Gasteiger partial charge on any atom is -0.489 e. The fourth-order valence-corrected chi connectivity index (χ4v) is 4.86. The summed E-state index contributed by atoms with van der Waals surface area (Å²) in [4.78, 5) is 28.5. The summed E-state index contributed by atoms with van der Waals surface area (Å²) in [6.07, 6.45) is 0. The zero-order chi connectivity index (χ0) is 26.5. The lowest BCUT2D eigenvalue weighted by atomic mass is 9.90. The molecule has 4 aromatic carbocycles. The average molecular weight is 507 g/mol.